The van der Waals surface area contributed by atoms with Gasteiger partial charge < -0.3 is 0 Å². The van der Waals surface area contributed by atoms with E-state index in [1.807, 2.05) is 81.4 Å². The second-order valence-electron chi connectivity index (χ2n) is 7.65. The Morgan fingerprint density at radius 1 is 1.07 bits per heavy atom. The lowest BCUT2D eigenvalue weighted by atomic mass is 9.92. The molecule has 0 aliphatic carbocycles. The molecule has 0 atom stereocenters. The molecule has 29 heavy (non-hydrogen) atoms. The van der Waals surface area contributed by atoms with Gasteiger partial charge in [-0.2, -0.15) is 5.26 Å². The molecule has 0 unspecified atom stereocenters. The molecule has 3 aromatic rings. The molecule has 0 amide bonds. The van der Waals surface area contributed by atoms with Crippen molar-refractivity contribution < 1.29 is 4.79 Å². The maximum Gasteiger partial charge on any atom is 0.148 e. The molecule has 0 spiro atoms. The zero-order valence-corrected chi connectivity index (χ0v) is 18.1. The molecule has 0 fully saturated rings. The summed E-state index contributed by atoms with van der Waals surface area (Å²) in [5.41, 5.74) is 3.20. The fourth-order valence-corrected chi connectivity index (χ4v) is 4.13. The van der Waals surface area contributed by atoms with Crippen LogP contribution in [-0.4, -0.2) is 16.5 Å². The number of carbonyl (C=O) groups excluding carboxylic acids is 1. The van der Waals surface area contributed by atoms with Gasteiger partial charge in [0.25, 0.3) is 0 Å². The first-order valence-corrected chi connectivity index (χ1v) is 10.6. The number of hydrogen-bond acceptors (Lipinski definition) is 4. The maximum atomic E-state index is 12.4. The highest BCUT2D eigenvalue weighted by Crippen LogP contribution is 2.36. The van der Waals surface area contributed by atoms with E-state index >= 15 is 0 Å². The number of Topliss-reactive ketones (excluding diaryl/α,β-unsaturated/α-hetero) is 1. The summed E-state index contributed by atoms with van der Waals surface area (Å²) < 4.78 is 0. The lowest BCUT2D eigenvalue weighted by Gasteiger charge is -2.17. The number of nitriles is 1. The summed E-state index contributed by atoms with van der Waals surface area (Å²) in [6.07, 6.45) is 0. The van der Waals surface area contributed by atoms with Crippen molar-refractivity contribution in [1.82, 2.24) is 4.98 Å². The topological polar surface area (TPSA) is 53.8 Å². The van der Waals surface area contributed by atoms with Crippen LogP contribution >= 0.6 is 23.4 Å². The van der Waals surface area contributed by atoms with E-state index in [4.69, 9.17) is 16.6 Å². The molecular weight excluding hydrogens is 400 g/mol. The number of hydrogen-bond donors (Lipinski definition) is 0. The van der Waals surface area contributed by atoms with Crippen molar-refractivity contribution in [1.29, 1.82) is 5.26 Å². The first kappa shape index (κ1) is 21.1. The molecule has 0 radical (unpaired) electrons. The molecule has 146 valence electrons. The highest BCUT2D eigenvalue weighted by Gasteiger charge is 2.23. The third-order valence-electron chi connectivity index (χ3n) is 4.51. The van der Waals surface area contributed by atoms with Crippen molar-refractivity contribution in [2.45, 2.75) is 25.8 Å². The number of carbonyl (C=O) groups is 1. The van der Waals surface area contributed by atoms with Crippen LogP contribution in [0.2, 0.25) is 5.02 Å². The standard InChI is InChI=1S/C24H21ClN2OS/c1-24(2,3)22(28)15-29-23-19(14-26)18(16-9-5-4-6-10-16)13-21(27-23)17-11-7-8-12-20(17)25/h4-13H,15H2,1-3H3. The Morgan fingerprint density at radius 3 is 2.34 bits per heavy atom. The Labute approximate surface area is 180 Å². The number of rotatable bonds is 5. The fraction of sp³-hybridized carbons (Fsp3) is 0.208. The number of ketones is 1. The lowest BCUT2D eigenvalue weighted by molar-refractivity contribution is -0.123. The molecule has 0 saturated carbocycles. The second kappa shape index (κ2) is 8.82. The fourth-order valence-electron chi connectivity index (χ4n) is 2.74. The summed E-state index contributed by atoms with van der Waals surface area (Å²) in [4.78, 5) is 17.2. The van der Waals surface area contributed by atoms with Gasteiger partial charge in [-0.25, -0.2) is 4.98 Å². The Morgan fingerprint density at radius 2 is 1.72 bits per heavy atom. The summed E-state index contributed by atoms with van der Waals surface area (Å²) in [6.45, 7) is 5.68. The van der Waals surface area contributed by atoms with Gasteiger partial charge in [-0.05, 0) is 17.7 Å². The molecule has 2 aromatic carbocycles. The minimum atomic E-state index is -0.442. The van der Waals surface area contributed by atoms with E-state index in [0.717, 1.165) is 16.7 Å². The minimum absolute atomic E-state index is 0.109. The molecule has 5 heteroatoms. The van der Waals surface area contributed by atoms with Gasteiger partial charge in [0.05, 0.1) is 17.0 Å². The van der Waals surface area contributed by atoms with E-state index in [1.54, 1.807) is 0 Å². The molecule has 0 N–H and O–H groups in total. The van der Waals surface area contributed by atoms with Gasteiger partial charge in [0, 0.05) is 21.6 Å². The Kier molecular flexibility index (Phi) is 6.42. The van der Waals surface area contributed by atoms with Crippen molar-refractivity contribution in [3.63, 3.8) is 0 Å². The van der Waals surface area contributed by atoms with Crippen LogP contribution in [0.5, 0.6) is 0 Å². The monoisotopic (exact) mass is 420 g/mol. The van der Waals surface area contributed by atoms with Gasteiger partial charge in [-0.1, -0.05) is 92.7 Å². The quantitative estimate of drug-likeness (QED) is 0.433. The average Bonchev–Trinajstić information content (AvgIpc) is 2.71. The Balaban J connectivity index is 2.16. The van der Waals surface area contributed by atoms with Crippen LogP contribution in [0.15, 0.2) is 65.7 Å². The maximum absolute atomic E-state index is 12.4. The zero-order valence-electron chi connectivity index (χ0n) is 16.6. The summed E-state index contributed by atoms with van der Waals surface area (Å²) >= 11 is 7.71. The van der Waals surface area contributed by atoms with E-state index in [1.165, 1.54) is 11.8 Å². The van der Waals surface area contributed by atoms with Gasteiger partial charge in [-0.15, -0.1) is 0 Å². The third-order valence-corrected chi connectivity index (χ3v) is 5.81. The Bertz CT molecular complexity index is 1080. The van der Waals surface area contributed by atoms with E-state index in [-0.39, 0.29) is 11.5 Å². The molecular formula is C24H21ClN2OS. The number of nitrogens with zero attached hydrogens (tertiary/aromatic N) is 2. The summed E-state index contributed by atoms with van der Waals surface area (Å²) in [5.74, 6) is 0.364. The second-order valence-corrected chi connectivity index (χ2v) is 9.03. The highest BCUT2D eigenvalue weighted by molar-refractivity contribution is 8.00. The molecule has 0 aliphatic heterocycles. The van der Waals surface area contributed by atoms with Crippen LogP contribution in [0.3, 0.4) is 0 Å². The molecule has 3 rings (SSSR count). The predicted molar refractivity (Wildman–Crippen MR) is 120 cm³/mol. The number of pyridine rings is 1. The van der Waals surface area contributed by atoms with Crippen LogP contribution < -0.4 is 0 Å². The van der Waals surface area contributed by atoms with E-state index in [2.05, 4.69) is 6.07 Å². The van der Waals surface area contributed by atoms with Crippen LogP contribution in [-0.2, 0) is 4.79 Å². The minimum Gasteiger partial charge on any atom is -0.298 e. The first-order valence-electron chi connectivity index (χ1n) is 9.23. The summed E-state index contributed by atoms with van der Waals surface area (Å²) in [5, 5.41) is 11.0. The normalized spacial score (nSPS) is 11.1. The number of halogens is 1. The third kappa shape index (κ3) is 4.87. The van der Waals surface area contributed by atoms with Crippen molar-refractivity contribution in [2.24, 2.45) is 5.41 Å². The van der Waals surface area contributed by atoms with Gasteiger partial charge in [-0.3, -0.25) is 4.79 Å². The van der Waals surface area contributed by atoms with E-state index < -0.39 is 5.41 Å². The number of thioether (sulfide) groups is 1. The number of aromatic nitrogens is 1. The van der Waals surface area contributed by atoms with Crippen molar-refractivity contribution in [2.75, 3.05) is 5.75 Å². The molecule has 1 aromatic heterocycles. The van der Waals surface area contributed by atoms with Crippen molar-refractivity contribution in [3.8, 4) is 28.5 Å². The lowest BCUT2D eigenvalue weighted by Crippen LogP contribution is -2.22. The summed E-state index contributed by atoms with van der Waals surface area (Å²) in [6, 6.07) is 21.4. The summed E-state index contributed by atoms with van der Waals surface area (Å²) in [7, 11) is 0. The van der Waals surface area contributed by atoms with Crippen LogP contribution in [0.25, 0.3) is 22.4 Å². The van der Waals surface area contributed by atoms with Crippen LogP contribution in [0, 0.1) is 16.7 Å². The SMILES string of the molecule is CC(C)(C)C(=O)CSc1nc(-c2ccccc2Cl)cc(-c2ccccc2)c1C#N. The van der Waals surface area contributed by atoms with E-state index in [9.17, 15) is 10.1 Å². The van der Waals surface area contributed by atoms with Gasteiger partial charge in [0.2, 0.25) is 0 Å². The van der Waals surface area contributed by atoms with Crippen molar-refractivity contribution in [3.05, 3.63) is 71.2 Å². The smallest absolute Gasteiger partial charge is 0.148 e. The van der Waals surface area contributed by atoms with Gasteiger partial charge in [0.15, 0.2) is 0 Å². The molecule has 3 nitrogen and oxygen atoms in total. The molecule has 0 aliphatic rings. The molecule has 0 saturated heterocycles. The zero-order chi connectivity index (χ0) is 21.0. The first-order chi connectivity index (χ1) is 13.8. The van der Waals surface area contributed by atoms with Crippen LogP contribution in [0.1, 0.15) is 26.3 Å². The van der Waals surface area contributed by atoms with Crippen LogP contribution in [0.4, 0.5) is 0 Å². The molecule has 1 heterocycles. The molecule has 0 bridgehead atoms. The van der Waals surface area contributed by atoms with Crippen molar-refractivity contribution >= 4 is 29.1 Å². The van der Waals surface area contributed by atoms with Gasteiger partial charge in [0.1, 0.15) is 16.9 Å². The largest absolute Gasteiger partial charge is 0.298 e. The van der Waals surface area contributed by atoms with E-state index in [0.29, 0.717) is 21.3 Å². The predicted octanol–water partition coefficient (Wildman–Crippen LogP) is 6.65. The number of benzene rings is 2. The Hall–Kier alpha value is -2.61. The average molecular weight is 421 g/mol. The van der Waals surface area contributed by atoms with Gasteiger partial charge >= 0.3 is 0 Å². The highest BCUT2D eigenvalue weighted by atomic mass is 35.5.